The number of halogens is 1. The van der Waals surface area contributed by atoms with E-state index in [2.05, 4.69) is 14.8 Å². The number of nitrogens with one attached hydrogen (secondary N) is 1. The minimum Gasteiger partial charge on any atom is -0.381 e. The lowest BCUT2D eigenvalue weighted by Crippen LogP contribution is -2.56. The summed E-state index contributed by atoms with van der Waals surface area (Å²) in [5, 5.41) is 4.17. The van der Waals surface area contributed by atoms with Crippen LogP contribution in [0.3, 0.4) is 0 Å². The highest BCUT2D eigenvalue weighted by Gasteiger charge is 2.47. The molecule has 1 atom stereocenters. The minimum absolute atomic E-state index is 0.0997. The molecule has 1 aliphatic carbocycles. The lowest BCUT2D eigenvalue weighted by atomic mass is 9.95. The highest BCUT2D eigenvalue weighted by molar-refractivity contribution is 7.89. The van der Waals surface area contributed by atoms with Crippen molar-refractivity contribution < 1.29 is 22.3 Å². The van der Waals surface area contributed by atoms with Crippen LogP contribution < -0.4 is 9.62 Å². The number of hydrogen-bond acceptors (Lipinski definition) is 7. The van der Waals surface area contributed by atoms with Crippen LogP contribution >= 0.6 is 0 Å². The van der Waals surface area contributed by atoms with Crippen molar-refractivity contribution in [1.29, 1.82) is 0 Å². The molecule has 0 spiro atoms. The summed E-state index contributed by atoms with van der Waals surface area (Å²) < 4.78 is 50.8. The number of aromatic nitrogens is 2. The SMILES string of the molecule is Cn1cc(CN2C(=O)c3cc(S(=O)(=O)NC4(C)CC4)c(F)cc3N3C2=NCC3C2COC2)cn1. The minimum atomic E-state index is -4.14. The Labute approximate surface area is 196 Å². The molecule has 2 aromatic rings. The van der Waals surface area contributed by atoms with Crippen LogP contribution in [0.5, 0.6) is 0 Å². The van der Waals surface area contributed by atoms with Crippen LogP contribution in [-0.2, 0) is 28.4 Å². The van der Waals surface area contributed by atoms with E-state index in [1.165, 1.54) is 11.0 Å². The molecule has 0 radical (unpaired) electrons. The van der Waals surface area contributed by atoms with Gasteiger partial charge in [0.1, 0.15) is 10.7 Å². The van der Waals surface area contributed by atoms with Crippen LogP contribution in [0.15, 0.2) is 34.4 Å². The molecule has 1 saturated heterocycles. The van der Waals surface area contributed by atoms with Crippen molar-refractivity contribution in [2.75, 3.05) is 24.7 Å². The first-order chi connectivity index (χ1) is 16.2. The van der Waals surface area contributed by atoms with Crippen molar-refractivity contribution in [3.63, 3.8) is 0 Å². The summed E-state index contributed by atoms with van der Waals surface area (Å²) in [6.45, 7) is 3.56. The molecule has 12 heteroatoms. The summed E-state index contributed by atoms with van der Waals surface area (Å²) in [4.78, 5) is 21.2. The molecule has 1 amide bonds. The lowest BCUT2D eigenvalue weighted by Gasteiger charge is -2.43. The summed E-state index contributed by atoms with van der Waals surface area (Å²) >= 11 is 0. The molecule has 10 nitrogen and oxygen atoms in total. The van der Waals surface area contributed by atoms with Crippen LogP contribution in [0.25, 0.3) is 0 Å². The summed E-state index contributed by atoms with van der Waals surface area (Å²) in [6.07, 6.45) is 4.85. The standard InChI is InChI=1S/C22H25FN6O4S/c1-22(3-4-22)26-34(31,32)19-5-15-17(6-16(19)23)29-18(14-11-33-12-14)8-24-21(29)28(20(15)30)10-13-7-25-27(2)9-13/h5-7,9,14,18,26H,3-4,8,10-12H2,1-2H3. The number of guanidine groups is 1. The molecule has 0 bridgehead atoms. The number of anilines is 1. The van der Waals surface area contributed by atoms with Gasteiger partial charge >= 0.3 is 0 Å². The highest BCUT2D eigenvalue weighted by atomic mass is 32.2. The van der Waals surface area contributed by atoms with Crippen LogP contribution in [0, 0.1) is 11.7 Å². The van der Waals surface area contributed by atoms with Gasteiger partial charge in [-0.2, -0.15) is 5.10 Å². The first-order valence-corrected chi connectivity index (χ1v) is 12.7. The van der Waals surface area contributed by atoms with Crippen molar-refractivity contribution in [1.82, 2.24) is 19.4 Å². The number of ether oxygens (including phenoxy) is 1. The zero-order valence-electron chi connectivity index (χ0n) is 18.9. The van der Waals surface area contributed by atoms with Crippen LogP contribution in [0.4, 0.5) is 10.1 Å². The van der Waals surface area contributed by atoms with Gasteiger partial charge in [-0.3, -0.25) is 19.4 Å². The molecular weight excluding hydrogens is 463 g/mol. The van der Waals surface area contributed by atoms with Gasteiger partial charge in [0.2, 0.25) is 16.0 Å². The second-order valence-electron chi connectivity index (χ2n) is 9.76. The van der Waals surface area contributed by atoms with Gasteiger partial charge in [0.05, 0.1) is 49.8 Å². The molecule has 6 rings (SSSR count). The number of rotatable bonds is 6. The third-order valence-corrected chi connectivity index (χ3v) is 8.62. The van der Waals surface area contributed by atoms with Gasteiger partial charge in [-0.05, 0) is 31.9 Å². The Balaban J connectivity index is 1.45. The smallest absolute Gasteiger partial charge is 0.263 e. The van der Waals surface area contributed by atoms with E-state index in [0.29, 0.717) is 44.2 Å². The molecule has 1 aromatic carbocycles. The van der Waals surface area contributed by atoms with E-state index in [4.69, 9.17) is 4.74 Å². The van der Waals surface area contributed by atoms with E-state index < -0.39 is 32.2 Å². The van der Waals surface area contributed by atoms with Crippen molar-refractivity contribution >= 4 is 27.6 Å². The average Bonchev–Trinajstić information content (AvgIpc) is 3.10. The Hall–Kier alpha value is -2.83. The average molecular weight is 489 g/mol. The zero-order valence-corrected chi connectivity index (χ0v) is 19.7. The normalized spacial score (nSPS) is 23.4. The summed E-state index contributed by atoms with van der Waals surface area (Å²) in [7, 11) is -2.35. The quantitative estimate of drug-likeness (QED) is 0.655. The molecule has 1 unspecified atom stereocenters. The van der Waals surface area contributed by atoms with E-state index >= 15 is 4.39 Å². The molecule has 180 valence electrons. The summed E-state index contributed by atoms with van der Waals surface area (Å²) in [6, 6.07) is 2.23. The monoisotopic (exact) mass is 488 g/mol. The van der Waals surface area contributed by atoms with Crippen molar-refractivity contribution in [3.05, 3.63) is 41.5 Å². The maximum absolute atomic E-state index is 15.3. The van der Waals surface area contributed by atoms with Crippen molar-refractivity contribution in [3.8, 4) is 0 Å². The second kappa shape index (κ2) is 7.33. The fourth-order valence-corrected chi connectivity index (χ4v) is 6.27. The zero-order chi connectivity index (χ0) is 23.8. The van der Waals surface area contributed by atoms with Gasteiger partial charge in [-0.1, -0.05) is 0 Å². The predicted molar refractivity (Wildman–Crippen MR) is 120 cm³/mol. The van der Waals surface area contributed by atoms with Crippen LogP contribution in [0.2, 0.25) is 0 Å². The third kappa shape index (κ3) is 3.43. The molecule has 1 saturated carbocycles. The maximum atomic E-state index is 15.3. The van der Waals surface area contributed by atoms with E-state index in [1.54, 1.807) is 31.0 Å². The highest BCUT2D eigenvalue weighted by Crippen LogP contribution is 2.40. The number of nitrogens with zero attached hydrogens (tertiary/aromatic N) is 5. The van der Waals surface area contributed by atoms with Gasteiger partial charge in [0.15, 0.2) is 0 Å². The predicted octanol–water partition coefficient (Wildman–Crippen LogP) is 1.24. The van der Waals surface area contributed by atoms with Gasteiger partial charge in [0.25, 0.3) is 5.91 Å². The van der Waals surface area contributed by atoms with Gasteiger partial charge in [-0.25, -0.2) is 17.5 Å². The van der Waals surface area contributed by atoms with Crippen LogP contribution in [0.1, 0.15) is 35.7 Å². The van der Waals surface area contributed by atoms with Gasteiger partial charge in [-0.15, -0.1) is 0 Å². The van der Waals surface area contributed by atoms with E-state index in [1.807, 2.05) is 4.90 Å². The first-order valence-electron chi connectivity index (χ1n) is 11.2. The molecule has 34 heavy (non-hydrogen) atoms. The Morgan fingerprint density at radius 1 is 1.29 bits per heavy atom. The number of carbonyl (C=O) groups is 1. The molecule has 3 aliphatic heterocycles. The second-order valence-corrected chi connectivity index (χ2v) is 11.4. The first kappa shape index (κ1) is 21.7. The lowest BCUT2D eigenvalue weighted by molar-refractivity contribution is -0.0408. The molecule has 2 fully saturated rings. The fourth-order valence-electron chi connectivity index (χ4n) is 4.72. The van der Waals surface area contributed by atoms with E-state index in [-0.39, 0.29) is 24.1 Å². The summed E-state index contributed by atoms with van der Waals surface area (Å²) in [5.74, 6) is -0.685. The molecule has 1 N–H and O–H groups in total. The number of sulfonamides is 1. The molecular formula is C22H25FN6O4S. The Morgan fingerprint density at radius 2 is 2.06 bits per heavy atom. The number of aliphatic imine (C=N–C) groups is 1. The van der Waals surface area contributed by atoms with Crippen molar-refractivity contribution in [2.24, 2.45) is 18.0 Å². The number of amides is 1. The van der Waals surface area contributed by atoms with Gasteiger partial charge < -0.3 is 9.64 Å². The Kier molecular flexibility index (Phi) is 4.68. The van der Waals surface area contributed by atoms with Crippen LogP contribution in [-0.4, -0.2) is 66.3 Å². The van der Waals surface area contributed by atoms with Crippen molar-refractivity contribution in [2.45, 2.75) is 42.8 Å². The third-order valence-electron chi connectivity index (χ3n) is 6.97. The number of aryl methyl sites for hydroxylation is 1. The maximum Gasteiger partial charge on any atom is 0.263 e. The largest absolute Gasteiger partial charge is 0.381 e. The number of benzene rings is 1. The molecule has 4 heterocycles. The fraction of sp³-hybridized carbons (Fsp3) is 0.500. The molecule has 4 aliphatic rings. The Morgan fingerprint density at radius 3 is 2.68 bits per heavy atom. The molecule has 1 aromatic heterocycles. The number of fused-ring (bicyclic) bond motifs is 3. The van der Waals surface area contributed by atoms with E-state index in [9.17, 15) is 13.2 Å². The van der Waals surface area contributed by atoms with E-state index in [0.717, 1.165) is 11.6 Å². The Bertz CT molecular complexity index is 1330. The number of carbonyl (C=O) groups excluding carboxylic acids is 1. The summed E-state index contributed by atoms with van der Waals surface area (Å²) in [5.41, 5.74) is 0.713. The number of hydrogen-bond donors (Lipinski definition) is 1. The topological polar surface area (TPSA) is 109 Å². The van der Waals surface area contributed by atoms with Gasteiger partial charge in [0, 0.05) is 30.3 Å².